The van der Waals surface area contributed by atoms with Gasteiger partial charge < -0.3 is 19.1 Å². The van der Waals surface area contributed by atoms with E-state index in [1.54, 1.807) is 14.2 Å². The van der Waals surface area contributed by atoms with Crippen molar-refractivity contribution in [2.75, 3.05) is 47.1 Å². The fourth-order valence-corrected chi connectivity index (χ4v) is 4.75. The van der Waals surface area contributed by atoms with E-state index in [0.717, 1.165) is 29.9 Å². The molecule has 0 amide bonds. The van der Waals surface area contributed by atoms with Gasteiger partial charge in [0.05, 0.1) is 31.6 Å². The zero-order chi connectivity index (χ0) is 24.6. The lowest BCUT2D eigenvalue weighted by atomic mass is 9.98. The van der Waals surface area contributed by atoms with E-state index in [1.165, 1.54) is 22.1 Å². The molecule has 5 heteroatoms. The van der Waals surface area contributed by atoms with Gasteiger partial charge in [-0.2, -0.15) is 0 Å². The van der Waals surface area contributed by atoms with E-state index >= 15 is 0 Å². The van der Waals surface area contributed by atoms with Crippen molar-refractivity contribution in [2.45, 2.75) is 19.6 Å². The summed E-state index contributed by atoms with van der Waals surface area (Å²) in [6.07, 6.45) is -0.549. The Balaban J connectivity index is 1.80. The third-order valence-corrected chi connectivity index (χ3v) is 6.41. The standard InChI is InChI=1S/C30H36N2O3/c1-23-14-15-28-27(20-23)29(24-10-6-4-7-11-24)30(25-12-8-5-9-13-25)32(28)22-26(33)21-31(16-18-34-2)17-19-35-3/h4-15,20,26,33H,16-19,21-22H2,1-3H3/t26-/m0/s1. The highest BCUT2D eigenvalue weighted by atomic mass is 16.5. The van der Waals surface area contributed by atoms with Crippen molar-refractivity contribution in [1.29, 1.82) is 0 Å². The lowest BCUT2D eigenvalue weighted by molar-refractivity contribution is 0.0634. The van der Waals surface area contributed by atoms with Gasteiger partial charge >= 0.3 is 0 Å². The summed E-state index contributed by atoms with van der Waals surface area (Å²) in [6.45, 7) is 5.92. The van der Waals surface area contributed by atoms with Gasteiger partial charge in [-0.1, -0.05) is 72.3 Å². The number of benzene rings is 3. The number of fused-ring (bicyclic) bond motifs is 1. The number of rotatable bonds is 12. The number of methoxy groups -OCH3 is 2. The maximum Gasteiger partial charge on any atom is 0.0846 e. The van der Waals surface area contributed by atoms with Crippen molar-refractivity contribution in [3.05, 3.63) is 84.4 Å². The molecule has 5 nitrogen and oxygen atoms in total. The minimum atomic E-state index is -0.549. The average molecular weight is 473 g/mol. The molecule has 0 aliphatic rings. The van der Waals surface area contributed by atoms with Crippen molar-refractivity contribution >= 4 is 10.9 Å². The summed E-state index contributed by atoms with van der Waals surface area (Å²) in [5, 5.41) is 12.5. The molecule has 1 aromatic heterocycles. The molecule has 0 radical (unpaired) electrons. The Kier molecular flexibility index (Phi) is 8.72. The minimum Gasteiger partial charge on any atom is -0.390 e. The lowest BCUT2D eigenvalue weighted by Gasteiger charge is -2.25. The molecule has 0 fully saturated rings. The van der Waals surface area contributed by atoms with Crippen molar-refractivity contribution in [3.63, 3.8) is 0 Å². The second-order valence-corrected chi connectivity index (χ2v) is 9.03. The van der Waals surface area contributed by atoms with E-state index in [4.69, 9.17) is 9.47 Å². The van der Waals surface area contributed by atoms with Crippen LogP contribution in [0.2, 0.25) is 0 Å². The number of aliphatic hydroxyl groups is 1. The Morgan fingerprint density at radius 1 is 0.829 bits per heavy atom. The molecule has 1 N–H and O–H groups in total. The predicted octanol–water partition coefficient (Wildman–Crippen LogP) is 5.24. The number of aromatic nitrogens is 1. The van der Waals surface area contributed by atoms with Crippen molar-refractivity contribution < 1.29 is 14.6 Å². The van der Waals surface area contributed by atoms with Gasteiger partial charge in [0.25, 0.3) is 0 Å². The smallest absolute Gasteiger partial charge is 0.0846 e. The van der Waals surface area contributed by atoms with Crippen LogP contribution in [0.4, 0.5) is 0 Å². The van der Waals surface area contributed by atoms with Crippen LogP contribution in [0, 0.1) is 6.92 Å². The number of hydrogen-bond donors (Lipinski definition) is 1. The number of aliphatic hydroxyl groups excluding tert-OH is 1. The molecule has 0 aliphatic heterocycles. The first-order valence-corrected chi connectivity index (χ1v) is 12.2. The molecule has 4 rings (SSSR count). The van der Waals surface area contributed by atoms with Gasteiger partial charge in [-0.15, -0.1) is 0 Å². The van der Waals surface area contributed by atoms with E-state index in [0.29, 0.717) is 26.3 Å². The predicted molar refractivity (Wildman–Crippen MR) is 144 cm³/mol. The van der Waals surface area contributed by atoms with E-state index in [-0.39, 0.29) is 0 Å². The Morgan fingerprint density at radius 3 is 2.03 bits per heavy atom. The summed E-state index contributed by atoms with van der Waals surface area (Å²) in [5.41, 5.74) is 7.01. The normalized spacial score (nSPS) is 12.5. The van der Waals surface area contributed by atoms with E-state index in [1.807, 2.05) is 6.07 Å². The largest absolute Gasteiger partial charge is 0.390 e. The Labute approximate surface area is 208 Å². The van der Waals surface area contributed by atoms with Crippen LogP contribution < -0.4 is 0 Å². The zero-order valence-electron chi connectivity index (χ0n) is 21.0. The van der Waals surface area contributed by atoms with Crippen LogP contribution in [0.3, 0.4) is 0 Å². The van der Waals surface area contributed by atoms with Gasteiger partial charge in [0, 0.05) is 50.3 Å². The van der Waals surface area contributed by atoms with Gasteiger partial charge in [0.2, 0.25) is 0 Å². The number of hydrogen-bond acceptors (Lipinski definition) is 4. The van der Waals surface area contributed by atoms with Gasteiger partial charge in [-0.3, -0.25) is 4.90 Å². The molecule has 4 aromatic rings. The molecule has 1 atom stereocenters. The molecule has 0 unspecified atom stereocenters. The van der Waals surface area contributed by atoms with E-state index in [2.05, 4.69) is 89.2 Å². The molecule has 0 bridgehead atoms. The van der Waals surface area contributed by atoms with Crippen molar-refractivity contribution in [3.8, 4) is 22.4 Å². The Morgan fingerprint density at radius 2 is 1.43 bits per heavy atom. The fourth-order valence-electron chi connectivity index (χ4n) is 4.75. The second-order valence-electron chi connectivity index (χ2n) is 9.03. The van der Waals surface area contributed by atoms with Crippen LogP contribution in [0.5, 0.6) is 0 Å². The van der Waals surface area contributed by atoms with Crippen molar-refractivity contribution in [2.24, 2.45) is 0 Å². The van der Waals surface area contributed by atoms with Gasteiger partial charge in [0.1, 0.15) is 0 Å². The highest BCUT2D eigenvalue weighted by Crippen LogP contribution is 2.41. The van der Waals surface area contributed by atoms with Crippen LogP contribution in [-0.4, -0.2) is 67.7 Å². The van der Waals surface area contributed by atoms with Crippen LogP contribution in [0.15, 0.2) is 78.9 Å². The second kappa shape index (κ2) is 12.1. The SMILES string of the molecule is COCCN(CCOC)C[C@H](O)Cn1c(-c2ccccc2)c(-c2ccccc2)c2cc(C)ccc21. The molecular weight excluding hydrogens is 436 g/mol. The Bertz CT molecular complexity index is 1200. The van der Waals surface area contributed by atoms with Gasteiger partial charge in [-0.25, -0.2) is 0 Å². The Hall–Kier alpha value is -2.96. The summed E-state index contributed by atoms with van der Waals surface area (Å²) < 4.78 is 12.9. The zero-order valence-corrected chi connectivity index (χ0v) is 21.0. The lowest BCUT2D eigenvalue weighted by Crippen LogP contribution is -2.38. The monoisotopic (exact) mass is 472 g/mol. The topological polar surface area (TPSA) is 46.9 Å². The molecule has 0 saturated heterocycles. The molecule has 0 saturated carbocycles. The molecule has 3 aromatic carbocycles. The highest BCUT2D eigenvalue weighted by molar-refractivity contribution is 6.04. The van der Waals surface area contributed by atoms with Crippen LogP contribution >= 0.6 is 0 Å². The van der Waals surface area contributed by atoms with Gasteiger partial charge in [-0.05, 0) is 30.2 Å². The quantitative estimate of drug-likeness (QED) is 0.306. The molecule has 0 spiro atoms. The van der Waals surface area contributed by atoms with E-state index < -0.39 is 6.10 Å². The van der Waals surface area contributed by atoms with Gasteiger partial charge in [0.15, 0.2) is 0 Å². The summed E-state index contributed by atoms with van der Waals surface area (Å²) in [7, 11) is 3.41. The maximum atomic E-state index is 11.3. The molecule has 184 valence electrons. The number of nitrogens with zero attached hydrogens (tertiary/aromatic N) is 2. The van der Waals surface area contributed by atoms with Crippen LogP contribution in [0.1, 0.15) is 5.56 Å². The first-order valence-electron chi connectivity index (χ1n) is 12.2. The summed E-state index contributed by atoms with van der Waals surface area (Å²) in [6, 6.07) is 27.6. The summed E-state index contributed by atoms with van der Waals surface area (Å²) in [4.78, 5) is 2.20. The highest BCUT2D eigenvalue weighted by Gasteiger charge is 2.22. The summed E-state index contributed by atoms with van der Waals surface area (Å²) >= 11 is 0. The van der Waals surface area contributed by atoms with Crippen LogP contribution in [-0.2, 0) is 16.0 Å². The number of ether oxygens (including phenoxy) is 2. The summed E-state index contributed by atoms with van der Waals surface area (Å²) in [5.74, 6) is 0. The average Bonchev–Trinajstić information content (AvgIpc) is 3.19. The first kappa shape index (κ1) is 25.1. The maximum absolute atomic E-state index is 11.3. The molecule has 35 heavy (non-hydrogen) atoms. The van der Waals surface area contributed by atoms with Crippen molar-refractivity contribution in [1.82, 2.24) is 9.47 Å². The fraction of sp³-hybridized carbons (Fsp3) is 0.333. The molecule has 0 aliphatic carbocycles. The third-order valence-electron chi connectivity index (χ3n) is 6.41. The third kappa shape index (κ3) is 6.00. The molecule has 1 heterocycles. The van der Waals surface area contributed by atoms with E-state index in [9.17, 15) is 5.11 Å². The molecular formula is C30H36N2O3. The van der Waals surface area contributed by atoms with Crippen LogP contribution in [0.25, 0.3) is 33.3 Å². The first-order chi connectivity index (χ1) is 17.1. The minimum absolute atomic E-state index is 0.493. The number of aryl methyl sites for hydroxylation is 1.